The molecule has 0 aromatic heterocycles. The second-order valence-corrected chi connectivity index (χ2v) is 8.75. The van der Waals surface area contributed by atoms with Gasteiger partial charge in [-0.05, 0) is 62.7 Å². The minimum absolute atomic E-state index is 0.250. The highest BCUT2D eigenvalue weighted by Gasteiger charge is 2.66. The molecule has 6 rings (SSSR count). The molecule has 5 heteroatoms. The van der Waals surface area contributed by atoms with Crippen molar-refractivity contribution in [1.82, 2.24) is 0 Å². The maximum Gasteiger partial charge on any atom is 0.303 e. The molecule has 0 amide bonds. The van der Waals surface area contributed by atoms with Gasteiger partial charge in [0, 0.05) is 31.1 Å². The Hall–Kier alpha value is -0.650. The van der Waals surface area contributed by atoms with E-state index in [9.17, 15) is 4.79 Å². The van der Waals surface area contributed by atoms with Crippen LogP contribution in [-0.4, -0.2) is 22.7 Å². The summed E-state index contributed by atoms with van der Waals surface area (Å²) in [5.74, 6) is 1.19. The zero-order valence-electron chi connectivity index (χ0n) is 13.5. The monoisotopic (exact) mass is 322 g/mol. The summed E-state index contributed by atoms with van der Waals surface area (Å²) < 4.78 is 6.62. The van der Waals surface area contributed by atoms with E-state index >= 15 is 0 Å². The fourth-order valence-corrected chi connectivity index (χ4v) is 6.36. The maximum absolute atomic E-state index is 10.9. The highest BCUT2D eigenvalue weighted by molar-refractivity contribution is 5.67. The Kier molecular flexibility index (Phi) is 3.14. The molecule has 1 N–H and O–H groups in total. The summed E-state index contributed by atoms with van der Waals surface area (Å²) in [6.07, 6.45) is 9.82. The summed E-state index contributed by atoms with van der Waals surface area (Å²) in [7, 11) is 0. The molecule has 0 aromatic rings. The Morgan fingerprint density at radius 1 is 0.957 bits per heavy atom. The Bertz CT molecular complexity index is 480. The van der Waals surface area contributed by atoms with Crippen LogP contribution in [0, 0.1) is 29.6 Å². The number of carboxylic acids is 1. The van der Waals surface area contributed by atoms with Gasteiger partial charge in [0.15, 0.2) is 0 Å². The zero-order chi connectivity index (χ0) is 15.7. The molecule has 5 nitrogen and oxygen atoms in total. The van der Waals surface area contributed by atoms with Gasteiger partial charge in [0.2, 0.25) is 11.6 Å². The van der Waals surface area contributed by atoms with Gasteiger partial charge in [-0.15, -0.1) is 0 Å². The molecule has 0 aromatic carbocycles. The van der Waals surface area contributed by atoms with Gasteiger partial charge in [-0.1, -0.05) is 0 Å². The van der Waals surface area contributed by atoms with Crippen LogP contribution in [0.25, 0.3) is 0 Å². The summed E-state index contributed by atoms with van der Waals surface area (Å²) >= 11 is 0. The minimum atomic E-state index is -0.701. The van der Waals surface area contributed by atoms with Crippen LogP contribution in [0.2, 0.25) is 0 Å². The molecule has 6 fully saturated rings. The van der Waals surface area contributed by atoms with E-state index in [2.05, 4.69) is 0 Å². The van der Waals surface area contributed by atoms with E-state index in [1.807, 2.05) is 0 Å². The first kappa shape index (κ1) is 14.7. The lowest BCUT2D eigenvalue weighted by Crippen LogP contribution is -2.59. The summed E-state index contributed by atoms with van der Waals surface area (Å²) in [4.78, 5) is 22.7. The van der Waals surface area contributed by atoms with Gasteiger partial charge in [-0.2, -0.15) is 9.78 Å². The molecular formula is C18H26O5. The van der Waals surface area contributed by atoms with Crippen molar-refractivity contribution >= 4 is 5.97 Å². The topological polar surface area (TPSA) is 65.0 Å². The first-order chi connectivity index (χ1) is 11.1. The number of carboxylic acid groups (broad SMARTS) is 1. The molecule has 0 radical (unpaired) electrons. The Balaban J connectivity index is 1.31. The van der Waals surface area contributed by atoms with Gasteiger partial charge in [0.1, 0.15) is 0 Å². The van der Waals surface area contributed by atoms with Gasteiger partial charge in [-0.25, -0.2) is 0 Å². The van der Waals surface area contributed by atoms with Gasteiger partial charge in [-0.3, -0.25) is 4.79 Å². The fourth-order valence-electron chi connectivity index (χ4n) is 6.36. The molecule has 5 saturated carbocycles. The second-order valence-electron chi connectivity index (χ2n) is 8.75. The Labute approximate surface area is 136 Å². The van der Waals surface area contributed by atoms with Crippen molar-refractivity contribution in [3.05, 3.63) is 0 Å². The standard InChI is InChI=1S/C18H26O5/c19-16(20)10-11-1-3-17(4-2-11)21-18(23-22-17)14-6-12-5-13(8-14)9-15(18)7-12/h11-15H,1-10H2,(H,19,20)/t11-,12?,13?,14?,15?,17+,18-. The number of aliphatic carboxylic acids is 1. The summed E-state index contributed by atoms with van der Waals surface area (Å²) in [5, 5.41) is 8.97. The van der Waals surface area contributed by atoms with Crippen molar-refractivity contribution in [2.45, 2.75) is 75.8 Å². The Morgan fingerprint density at radius 2 is 1.57 bits per heavy atom. The van der Waals surface area contributed by atoms with E-state index < -0.39 is 17.5 Å². The first-order valence-electron chi connectivity index (χ1n) is 9.36. The smallest absolute Gasteiger partial charge is 0.303 e. The molecule has 5 aliphatic carbocycles. The van der Waals surface area contributed by atoms with E-state index in [4.69, 9.17) is 19.6 Å². The van der Waals surface area contributed by atoms with Crippen molar-refractivity contribution in [2.75, 3.05) is 0 Å². The van der Waals surface area contributed by atoms with Crippen LogP contribution >= 0.6 is 0 Å². The highest BCUT2D eigenvalue weighted by Crippen LogP contribution is 2.63. The van der Waals surface area contributed by atoms with Crippen molar-refractivity contribution < 1.29 is 24.4 Å². The molecule has 1 saturated heterocycles. The molecule has 6 aliphatic rings. The second kappa shape index (κ2) is 4.93. The van der Waals surface area contributed by atoms with Crippen LogP contribution < -0.4 is 0 Å². The van der Waals surface area contributed by atoms with Crippen LogP contribution in [-0.2, 0) is 19.3 Å². The van der Waals surface area contributed by atoms with Gasteiger partial charge < -0.3 is 9.84 Å². The van der Waals surface area contributed by atoms with Gasteiger partial charge in [0.25, 0.3) is 0 Å². The Morgan fingerprint density at radius 3 is 2.13 bits per heavy atom. The minimum Gasteiger partial charge on any atom is -0.481 e. The van der Waals surface area contributed by atoms with Crippen LogP contribution in [0.4, 0.5) is 0 Å². The van der Waals surface area contributed by atoms with E-state index in [-0.39, 0.29) is 12.3 Å². The number of hydrogen-bond donors (Lipinski definition) is 1. The third-order valence-corrected chi connectivity index (χ3v) is 7.28. The third kappa shape index (κ3) is 2.19. The summed E-state index contributed by atoms with van der Waals surface area (Å²) in [6, 6.07) is 0. The lowest BCUT2D eigenvalue weighted by Gasteiger charge is -2.57. The van der Waals surface area contributed by atoms with Crippen LogP contribution in [0.1, 0.15) is 64.2 Å². The molecule has 1 aliphatic heterocycles. The van der Waals surface area contributed by atoms with Crippen LogP contribution in [0.15, 0.2) is 0 Å². The quantitative estimate of drug-likeness (QED) is 0.789. The van der Waals surface area contributed by atoms with Crippen molar-refractivity contribution in [1.29, 1.82) is 0 Å². The lowest BCUT2D eigenvalue weighted by molar-refractivity contribution is -0.390. The molecule has 2 spiro atoms. The van der Waals surface area contributed by atoms with Crippen LogP contribution in [0.3, 0.4) is 0 Å². The number of carbonyl (C=O) groups is 1. The van der Waals surface area contributed by atoms with Crippen molar-refractivity contribution in [3.8, 4) is 0 Å². The van der Waals surface area contributed by atoms with Crippen molar-refractivity contribution in [2.24, 2.45) is 29.6 Å². The van der Waals surface area contributed by atoms with E-state index in [1.165, 1.54) is 32.1 Å². The fraction of sp³-hybridized carbons (Fsp3) is 0.944. The van der Waals surface area contributed by atoms with Gasteiger partial charge in [0.05, 0.1) is 0 Å². The summed E-state index contributed by atoms with van der Waals surface area (Å²) in [5.41, 5.74) is 0. The number of ether oxygens (including phenoxy) is 1. The highest BCUT2D eigenvalue weighted by atomic mass is 17.3. The normalized spacial score (nSPS) is 54.2. The van der Waals surface area contributed by atoms with E-state index in [1.54, 1.807) is 0 Å². The predicted octanol–water partition coefficient (Wildman–Crippen LogP) is 3.48. The van der Waals surface area contributed by atoms with E-state index in [0.29, 0.717) is 11.8 Å². The largest absolute Gasteiger partial charge is 0.481 e. The third-order valence-electron chi connectivity index (χ3n) is 7.28. The lowest BCUT2D eigenvalue weighted by atomic mass is 9.53. The van der Waals surface area contributed by atoms with Crippen LogP contribution in [0.5, 0.6) is 0 Å². The first-order valence-corrected chi connectivity index (χ1v) is 9.36. The summed E-state index contributed by atoms with van der Waals surface area (Å²) in [6.45, 7) is 0. The molecule has 0 atom stereocenters. The van der Waals surface area contributed by atoms with E-state index in [0.717, 1.165) is 37.5 Å². The zero-order valence-corrected chi connectivity index (χ0v) is 13.5. The average Bonchev–Trinajstić information content (AvgIpc) is 2.87. The molecule has 128 valence electrons. The molecule has 23 heavy (non-hydrogen) atoms. The predicted molar refractivity (Wildman–Crippen MR) is 80.0 cm³/mol. The number of rotatable bonds is 2. The molecule has 1 heterocycles. The number of hydrogen-bond acceptors (Lipinski definition) is 4. The molecule has 4 bridgehead atoms. The molecule has 0 unspecified atom stereocenters. The SMILES string of the molecule is O=C(O)C[C@H]1CC[C@]2(CC1)OO[C@]1(O2)C2CC3CC(C2)CC1C3. The van der Waals surface area contributed by atoms with Crippen molar-refractivity contribution in [3.63, 3.8) is 0 Å². The van der Waals surface area contributed by atoms with Gasteiger partial charge >= 0.3 is 5.97 Å². The molecular weight excluding hydrogens is 296 g/mol. The average molecular weight is 322 g/mol. The maximum atomic E-state index is 10.9.